The number of halogens is 2. The maximum Gasteiger partial charge on any atom is 0.211 e. The Morgan fingerprint density at radius 3 is 2.58 bits per heavy atom. The van der Waals surface area contributed by atoms with Crippen LogP contribution in [0.15, 0.2) is 48.5 Å². The molecule has 1 aromatic heterocycles. The molecule has 0 bridgehead atoms. The highest BCUT2D eigenvalue weighted by Crippen LogP contribution is 2.33. The van der Waals surface area contributed by atoms with E-state index in [2.05, 4.69) is 15.0 Å². The molecule has 164 valence electrons. The first kappa shape index (κ1) is 22.8. The zero-order valence-electron chi connectivity index (χ0n) is 16.7. The summed E-state index contributed by atoms with van der Waals surface area (Å²) >= 11 is 5.92. The van der Waals surface area contributed by atoms with Crippen LogP contribution < -0.4 is 15.8 Å². The Labute approximate surface area is 185 Å². The highest BCUT2D eigenvalue weighted by molar-refractivity contribution is 7.89. The van der Waals surface area contributed by atoms with E-state index in [-0.39, 0.29) is 23.9 Å². The molecule has 0 aliphatic rings. The van der Waals surface area contributed by atoms with Crippen molar-refractivity contribution in [1.29, 1.82) is 0 Å². The molecule has 3 rings (SSSR count). The summed E-state index contributed by atoms with van der Waals surface area (Å²) in [6, 6.07) is 12.9. The fourth-order valence-electron chi connectivity index (χ4n) is 2.86. The van der Waals surface area contributed by atoms with Gasteiger partial charge in [-0.3, -0.25) is 0 Å². The van der Waals surface area contributed by atoms with Crippen LogP contribution in [0.5, 0.6) is 5.75 Å². The molecule has 0 spiro atoms. The third-order valence-electron chi connectivity index (χ3n) is 4.64. The minimum atomic E-state index is -3.36. The summed E-state index contributed by atoms with van der Waals surface area (Å²) in [6.07, 6.45) is 0. The summed E-state index contributed by atoms with van der Waals surface area (Å²) < 4.78 is 39.0. The van der Waals surface area contributed by atoms with Crippen molar-refractivity contribution in [2.75, 3.05) is 16.8 Å². The van der Waals surface area contributed by atoms with Crippen LogP contribution in [-0.2, 0) is 23.2 Å². The van der Waals surface area contributed by atoms with E-state index < -0.39 is 16.7 Å². The number of aromatic hydroxyl groups is 1. The Morgan fingerprint density at radius 2 is 1.90 bits per heavy atom. The van der Waals surface area contributed by atoms with Crippen molar-refractivity contribution in [3.05, 3.63) is 64.7 Å². The molecule has 2 aromatic carbocycles. The van der Waals surface area contributed by atoms with Crippen molar-refractivity contribution in [3.63, 3.8) is 0 Å². The highest BCUT2D eigenvalue weighted by Gasteiger charge is 2.13. The van der Waals surface area contributed by atoms with Gasteiger partial charge in [-0.05, 0) is 49.4 Å². The van der Waals surface area contributed by atoms with Gasteiger partial charge in [-0.2, -0.15) is 0 Å². The third kappa shape index (κ3) is 5.63. The lowest BCUT2D eigenvalue weighted by atomic mass is 10.1. The number of anilines is 3. The van der Waals surface area contributed by atoms with E-state index in [4.69, 9.17) is 17.3 Å². The van der Waals surface area contributed by atoms with Crippen molar-refractivity contribution in [1.82, 2.24) is 9.71 Å². The number of rotatable bonds is 8. The molecular weight excluding hydrogens is 443 g/mol. The number of nitrogens with one attached hydrogen (secondary N) is 2. The van der Waals surface area contributed by atoms with E-state index in [0.717, 1.165) is 0 Å². The van der Waals surface area contributed by atoms with Crippen LogP contribution in [0.4, 0.5) is 21.6 Å². The average Bonchev–Trinajstić information content (AvgIpc) is 2.75. The molecule has 31 heavy (non-hydrogen) atoms. The van der Waals surface area contributed by atoms with Crippen molar-refractivity contribution < 1.29 is 17.9 Å². The molecule has 0 aliphatic heterocycles. The second-order valence-corrected chi connectivity index (χ2v) is 9.29. The van der Waals surface area contributed by atoms with Gasteiger partial charge in [0.25, 0.3) is 0 Å². The molecule has 10 heteroatoms. The number of benzene rings is 2. The van der Waals surface area contributed by atoms with Crippen molar-refractivity contribution in [2.45, 2.75) is 20.1 Å². The predicted octanol–water partition coefficient (Wildman–Crippen LogP) is 4.34. The number of sulfonamides is 1. The number of phenolic OH excluding ortho intramolecular Hbond substituents is 1. The zero-order chi connectivity index (χ0) is 22.6. The van der Waals surface area contributed by atoms with Crippen molar-refractivity contribution >= 4 is 38.8 Å². The molecular formula is C21H22ClFN4O3S. The quantitative estimate of drug-likeness (QED) is 0.368. The second-order valence-electron chi connectivity index (χ2n) is 6.76. The van der Waals surface area contributed by atoms with Gasteiger partial charge < -0.3 is 16.2 Å². The number of aromatic nitrogens is 1. The van der Waals surface area contributed by atoms with Gasteiger partial charge in [0.05, 0.1) is 11.4 Å². The van der Waals surface area contributed by atoms with Gasteiger partial charge in [0.1, 0.15) is 18.2 Å². The normalized spacial score (nSPS) is 11.5. The summed E-state index contributed by atoms with van der Waals surface area (Å²) in [5.74, 6) is 0.0919. The number of hydrogen-bond donors (Lipinski definition) is 4. The van der Waals surface area contributed by atoms with Crippen LogP contribution in [0, 0.1) is 0 Å². The van der Waals surface area contributed by atoms with Crippen LogP contribution in [0.25, 0.3) is 11.3 Å². The van der Waals surface area contributed by atoms with Crippen molar-refractivity contribution in [3.8, 4) is 17.0 Å². The Bertz CT molecular complexity index is 1210. The first-order valence-corrected chi connectivity index (χ1v) is 11.4. The fourth-order valence-corrected chi connectivity index (χ4v) is 3.64. The van der Waals surface area contributed by atoms with Crippen LogP contribution in [0.1, 0.15) is 18.1 Å². The van der Waals surface area contributed by atoms with Crippen LogP contribution in [-0.4, -0.2) is 24.3 Å². The summed E-state index contributed by atoms with van der Waals surface area (Å²) in [7, 11) is -3.36. The lowest BCUT2D eigenvalue weighted by Gasteiger charge is -2.13. The summed E-state index contributed by atoms with van der Waals surface area (Å²) in [4.78, 5) is 4.30. The molecule has 0 atom stereocenters. The van der Waals surface area contributed by atoms with Gasteiger partial charge in [-0.15, -0.1) is 0 Å². The second kappa shape index (κ2) is 9.51. The van der Waals surface area contributed by atoms with E-state index >= 15 is 0 Å². The first-order valence-electron chi connectivity index (χ1n) is 9.40. The average molecular weight is 465 g/mol. The van der Waals surface area contributed by atoms with Gasteiger partial charge in [-0.1, -0.05) is 17.7 Å². The topological polar surface area (TPSA) is 117 Å². The van der Waals surface area contributed by atoms with Gasteiger partial charge in [0.15, 0.2) is 0 Å². The summed E-state index contributed by atoms with van der Waals surface area (Å²) in [5, 5.41) is 13.9. The monoisotopic (exact) mass is 464 g/mol. The standard InChI is InChI=1S/C21H22ClFN4O3S/c1-2-31(29,30)25-12-13-3-6-19(27-21(13)24)17-10-16(5-8-20(17)28)26-18-7-4-15(22)9-14(18)11-23/h3-10,25-26,28H,2,11-12H2,1H3,(H2,24,27). The van der Waals surface area contributed by atoms with Gasteiger partial charge >= 0.3 is 0 Å². The van der Waals surface area contributed by atoms with E-state index in [0.29, 0.717) is 38.8 Å². The lowest BCUT2D eigenvalue weighted by molar-refractivity contribution is 0.477. The first-order chi connectivity index (χ1) is 14.7. The lowest BCUT2D eigenvalue weighted by Crippen LogP contribution is -2.25. The van der Waals surface area contributed by atoms with Crippen molar-refractivity contribution in [2.24, 2.45) is 0 Å². The summed E-state index contributed by atoms with van der Waals surface area (Å²) in [6.45, 7) is 0.873. The zero-order valence-corrected chi connectivity index (χ0v) is 18.3. The van der Waals surface area contributed by atoms with Crippen LogP contribution in [0.3, 0.4) is 0 Å². The minimum absolute atomic E-state index is 0.0151. The highest BCUT2D eigenvalue weighted by atomic mass is 35.5. The van der Waals surface area contributed by atoms with Crippen LogP contribution in [0.2, 0.25) is 5.02 Å². The Hall–Kier alpha value is -2.88. The van der Waals surface area contributed by atoms with Gasteiger partial charge in [0, 0.05) is 39.6 Å². The van der Waals surface area contributed by atoms with E-state index in [1.165, 1.54) is 13.0 Å². The fraction of sp³-hybridized carbons (Fsp3) is 0.190. The third-order valence-corrected chi connectivity index (χ3v) is 6.22. The number of alkyl halides is 1. The Kier molecular flexibility index (Phi) is 6.99. The number of nitrogen functional groups attached to an aromatic ring is 1. The number of nitrogens with zero attached hydrogens (tertiary/aromatic N) is 1. The molecule has 0 radical (unpaired) electrons. The summed E-state index contributed by atoms with van der Waals surface area (Å²) in [5.41, 5.74) is 8.89. The minimum Gasteiger partial charge on any atom is -0.507 e. The molecule has 7 nitrogen and oxygen atoms in total. The van der Waals surface area contributed by atoms with E-state index in [1.807, 2.05) is 0 Å². The Morgan fingerprint density at radius 1 is 1.13 bits per heavy atom. The predicted molar refractivity (Wildman–Crippen MR) is 122 cm³/mol. The maximum atomic E-state index is 13.3. The molecule has 0 saturated heterocycles. The smallest absolute Gasteiger partial charge is 0.211 e. The molecule has 5 N–H and O–H groups in total. The molecule has 3 aromatic rings. The van der Waals surface area contributed by atoms with Gasteiger partial charge in [-0.25, -0.2) is 22.5 Å². The SMILES string of the molecule is CCS(=O)(=O)NCc1ccc(-c2cc(Nc3ccc(Cl)cc3CF)ccc2O)nc1N. The number of pyridine rings is 1. The molecule has 1 heterocycles. The van der Waals surface area contributed by atoms with Crippen LogP contribution >= 0.6 is 11.6 Å². The van der Waals surface area contributed by atoms with Gasteiger partial charge in [0.2, 0.25) is 10.0 Å². The molecule has 0 fully saturated rings. The largest absolute Gasteiger partial charge is 0.507 e. The molecule has 0 aliphatic carbocycles. The number of phenols is 1. The van der Waals surface area contributed by atoms with E-state index in [1.54, 1.807) is 42.5 Å². The molecule has 0 saturated carbocycles. The number of hydrogen-bond acceptors (Lipinski definition) is 6. The Balaban J connectivity index is 1.87. The van der Waals surface area contributed by atoms with E-state index in [9.17, 15) is 17.9 Å². The number of nitrogens with two attached hydrogens (primary N) is 1. The molecule has 0 unspecified atom stereocenters. The maximum absolute atomic E-state index is 13.3. The molecule has 0 amide bonds.